The average molecular weight is 400 g/mol. The van der Waals surface area contributed by atoms with E-state index in [1.54, 1.807) is 37.3 Å². The van der Waals surface area contributed by atoms with Gasteiger partial charge in [-0.1, -0.05) is 29.8 Å². The molecule has 0 saturated carbocycles. The van der Waals surface area contributed by atoms with Crippen LogP contribution in [0.4, 0.5) is 5.69 Å². The van der Waals surface area contributed by atoms with Gasteiger partial charge in [-0.05, 0) is 31.5 Å². The van der Waals surface area contributed by atoms with Crippen LogP contribution in [-0.4, -0.2) is 28.7 Å². The monoisotopic (exact) mass is 399 g/mol. The first kappa shape index (κ1) is 19.7. The second kappa shape index (κ2) is 7.90. The van der Waals surface area contributed by atoms with Crippen LogP contribution in [0.5, 0.6) is 0 Å². The minimum atomic E-state index is -0.730. The van der Waals surface area contributed by atoms with Crippen molar-refractivity contribution in [2.45, 2.75) is 19.8 Å². The number of methoxy groups -OCH3 is 1. The summed E-state index contributed by atoms with van der Waals surface area (Å²) in [7, 11) is 1.31. The second-order valence-electron chi connectivity index (χ2n) is 6.43. The van der Waals surface area contributed by atoms with Gasteiger partial charge in [0.05, 0.1) is 17.7 Å². The average Bonchev–Trinajstić information content (AvgIpc) is 2.67. The topological polar surface area (TPSA) is 94.7 Å². The standard InChI is InChI=1S/C20H18ClN3O4/c1-11-17(15-8-5-9-16(21)23-15)19(18(12(2)22-11)20(25)28-3)13-6-4-7-14(10-13)24(26)27/h4-10,18-19H,1-3H3. The molecular formula is C20H18ClN3O4. The molecule has 1 aliphatic heterocycles. The van der Waals surface area contributed by atoms with Crippen LogP contribution in [0.2, 0.25) is 5.15 Å². The van der Waals surface area contributed by atoms with Crippen molar-refractivity contribution >= 4 is 34.5 Å². The van der Waals surface area contributed by atoms with Gasteiger partial charge in [-0.2, -0.15) is 0 Å². The predicted octanol–water partition coefficient (Wildman–Crippen LogP) is 4.42. The van der Waals surface area contributed by atoms with E-state index in [4.69, 9.17) is 16.3 Å². The molecule has 1 aliphatic rings. The lowest BCUT2D eigenvalue weighted by molar-refractivity contribution is -0.384. The van der Waals surface area contributed by atoms with E-state index in [-0.39, 0.29) is 5.69 Å². The number of rotatable bonds is 4. The summed E-state index contributed by atoms with van der Waals surface area (Å²) in [5.74, 6) is -1.74. The largest absolute Gasteiger partial charge is 0.468 e. The predicted molar refractivity (Wildman–Crippen MR) is 106 cm³/mol. The number of hydrogen-bond acceptors (Lipinski definition) is 6. The molecule has 0 radical (unpaired) electrons. The molecule has 0 fully saturated rings. The first-order chi connectivity index (χ1) is 13.3. The van der Waals surface area contributed by atoms with Crippen molar-refractivity contribution in [2.24, 2.45) is 10.9 Å². The highest BCUT2D eigenvalue weighted by Gasteiger charge is 2.40. The van der Waals surface area contributed by atoms with Crippen LogP contribution in [0.15, 0.2) is 53.2 Å². The zero-order valence-corrected chi connectivity index (χ0v) is 16.3. The van der Waals surface area contributed by atoms with Gasteiger partial charge >= 0.3 is 5.97 Å². The number of aliphatic imine (C=N–C) groups is 1. The number of benzene rings is 1. The zero-order valence-electron chi connectivity index (χ0n) is 15.5. The van der Waals surface area contributed by atoms with Gasteiger partial charge in [0.1, 0.15) is 11.1 Å². The number of aromatic nitrogens is 1. The fourth-order valence-electron chi connectivity index (χ4n) is 3.55. The molecule has 0 N–H and O–H groups in total. The molecular weight excluding hydrogens is 382 g/mol. The van der Waals surface area contributed by atoms with Gasteiger partial charge in [-0.3, -0.25) is 19.9 Å². The van der Waals surface area contributed by atoms with Gasteiger partial charge in [-0.25, -0.2) is 4.98 Å². The smallest absolute Gasteiger partial charge is 0.315 e. The zero-order chi connectivity index (χ0) is 20.4. The van der Waals surface area contributed by atoms with Gasteiger partial charge in [-0.15, -0.1) is 0 Å². The SMILES string of the molecule is COC(=O)C1C(C)=NC(C)=C(c2cccc(Cl)n2)C1c1cccc([N+](=O)[O-])c1. The minimum absolute atomic E-state index is 0.0580. The van der Waals surface area contributed by atoms with Crippen molar-refractivity contribution in [2.75, 3.05) is 7.11 Å². The highest BCUT2D eigenvalue weighted by Crippen LogP contribution is 2.44. The van der Waals surface area contributed by atoms with Crippen LogP contribution in [0.1, 0.15) is 31.0 Å². The van der Waals surface area contributed by atoms with Crippen LogP contribution >= 0.6 is 11.6 Å². The summed E-state index contributed by atoms with van der Waals surface area (Å²) in [5, 5.41) is 11.6. The molecule has 1 aromatic carbocycles. The van der Waals surface area contributed by atoms with Crippen molar-refractivity contribution in [3.8, 4) is 0 Å². The number of nitro benzene ring substituents is 1. The molecule has 7 nitrogen and oxygen atoms in total. The van der Waals surface area contributed by atoms with Gasteiger partial charge in [0.2, 0.25) is 0 Å². The molecule has 2 heterocycles. The normalized spacial score (nSPS) is 19.2. The maximum Gasteiger partial charge on any atom is 0.315 e. The number of pyridine rings is 1. The first-order valence-electron chi connectivity index (χ1n) is 8.54. The Hall–Kier alpha value is -3.06. The van der Waals surface area contributed by atoms with Gasteiger partial charge in [0, 0.05) is 35.0 Å². The number of carbonyl (C=O) groups is 1. The summed E-state index contributed by atoms with van der Waals surface area (Å²) >= 11 is 6.08. The molecule has 0 aliphatic carbocycles. The van der Waals surface area contributed by atoms with Crippen LogP contribution in [0.3, 0.4) is 0 Å². The quantitative estimate of drug-likeness (QED) is 0.328. The molecule has 0 bridgehead atoms. The molecule has 1 aromatic heterocycles. The highest BCUT2D eigenvalue weighted by atomic mass is 35.5. The summed E-state index contributed by atoms with van der Waals surface area (Å²) in [6.45, 7) is 3.57. The number of allylic oxidation sites excluding steroid dienone is 2. The first-order valence-corrected chi connectivity index (χ1v) is 8.92. The van der Waals surface area contributed by atoms with Gasteiger partial charge < -0.3 is 4.74 Å². The van der Waals surface area contributed by atoms with Crippen molar-refractivity contribution < 1.29 is 14.5 Å². The summed E-state index contributed by atoms with van der Waals surface area (Å²) < 4.78 is 5.01. The van der Waals surface area contributed by atoms with Crippen LogP contribution in [-0.2, 0) is 9.53 Å². The lowest BCUT2D eigenvalue weighted by Gasteiger charge is -2.32. The third-order valence-electron chi connectivity index (χ3n) is 4.71. The van der Waals surface area contributed by atoms with E-state index in [1.165, 1.54) is 19.2 Å². The molecule has 0 spiro atoms. The van der Waals surface area contributed by atoms with Crippen molar-refractivity contribution in [1.82, 2.24) is 4.98 Å². The molecule has 2 unspecified atom stereocenters. The van der Waals surface area contributed by atoms with E-state index >= 15 is 0 Å². The lowest BCUT2D eigenvalue weighted by Crippen LogP contribution is -2.33. The number of halogens is 1. The van der Waals surface area contributed by atoms with E-state index in [2.05, 4.69) is 9.98 Å². The summed E-state index contributed by atoms with van der Waals surface area (Å²) in [6.07, 6.45) is 0. The van der Waals surface area contributed by atoms with Crippen LogP contribution < -0.4 is 0 Å². The summed E-state index contributed by atoms with van der Waals surface area (Å²) in [5.41, 5.74) is 3.04. The Balaban J connectivity index is 2.27. The maximum absolute atomic E-state index is 12.6. The number of hydrogen-bond donors (Lipinski definition) is 0. The fraction of sp³-hybridized carbons (Fsp3) is 0.250. The van der Waals surface area contributed by atoms with E-state index in [1.807, 2.05) is 6.92 Å². The van der Waals surface area contributed by atoms with Crippen LogP contribution in [0.25, 0.3) is 5.57 Å². The number of nitrogens with zero attached hydrogens (tertiary/aromatic N) is 3. The molecule has 3 rings (SSSR count). The minimum Gasteiger partial charge on any atom is -0.468 e. The highest BCUT2D eigenvalue weighted by molar-refractivity contribution is 6.29. The summed E-state index contributed by atoms with van der Waals surface area (Å²) in [4.78, 5) is 32.4. The molecule has 0 amide bonds. The number of carbonyl (C=O) groups excluding carboxylic acids is 1. The lowest BCUT2D eigenvalue weighted by atomic mass is 9.74. The third kappa shape index (κ3) is 3.66. The Morgan fingerprint density at radius 2 is 1.93 bits per heavy atom. The molecule has 2 atom stereocenters. The molecule has 144 valence electrons. The van der Waals surface area contributed by atoms with Crippen molar-refractivity contribution in [3.05, 3.63) is 74.7 Å². The molecule has 2 aromatic rings. The Morgan fingerprint density at radius 1 is 1.21 bits per heavy atom. The van der Waals surface area contributed by atoms with Gasteiger partial charge in [0.15, 0.2) is 0 Å². The van der Waals surface area contributed by atoms with E-state index in [0.29, 0.717) is 33.4 Å². The van der Waals surface area contributed by atoms with E-state index < -0.39 is 22.7 Å². The van der Waals surface area contributed by atoms with E-state index in [9.17, 15) is 14.9 Å². The number of non-ortho nitro benzene ring substituents is 1. The third-order valence-corrected chi connectivity index (χ3v) is 4.93. The van der Waals surface area contributed by atoms with E-state index in [0.717, 1.165) is 0 Å². The molecule has 28 heavy (non-hydrogen) atoms. The Morgan fingerprint density at radius 3 is 2.57 bits per heavy atom. The van der Waals surface area contributed by atoms with Crippen molar-refractivity contribution in [1.29, 1.82) is 0 Å². The number of nitro groups is 1. The molecule has 8 heteroatoms. The van der Waals surface area contributed by atoms with Gasteiger partial charge in [0.25, 0.3) is 5.69 Å². The van der Waals surface area contributed by atoms with Crippen LogP contribution in [0, 0.1) is 16.0 Å². The second-order valence-corrected chi connectivity index (χ2v) is 6.82. The Labute approximate surface area is 166 Å². The summed E-state index contributed by atoms with van der Waals surface area (Å²) in [6, 6.07) is 11.4. The molecule has 0 saturated heterocycles. The number of ether oxygens (including phenoxy) is 1. The Bertz CT molecular complexity index is 1020. The van der Waals surface area contributed by atoms with Crippen molar-refractivity contribution in [3.63, 3.8) is 0 Å². The number of esters is 1. The maximum atomic E-state index is 12.6. The Kier molecular flexibility index (Phi) is 5.56. The fourth-order valence-corrected chi connectivity index (χ4v) is 3.72.